The lowest BCUT2D eigenvalue weighted by Crippen LogP contribution is -2.36. The standard InChI is InChI=1S/C21H32N2/c1-2-3-4-5-6-7-8-11-18-12-9-10-13-20(18)21(23)16-14-19(22)15-17-21/h9-10,12-16H,2-8,11,17,22-23H2,1H3. The second kappa shape index (κ2) is 8.93. The van der Waals surface area contributed by atoms with Crippen LogP contribution in [0, 0.1) is 0 Å². The summed E-state index contributed by atoms with van der Waals surface area (Å²) in [5, 5.41) is 0. The second-order valence-electron chi connectivity index (χ2n) is 6.81. The highest BCUT2D eigenvalue weighted by molar-refractivity contribution is 5.41. The summed E-state index contributed by atoms with van der Waals surface area (Å²) < 4.78 is 0. The molecule has 4 N–H and O–H groups in total. The van der Waals surface area contributed by atoms with E-state index < -0.39 is 5.54 Å². The van der Waals surface area contributed by atoms with E-state index in [0.717, 1.165) is 18.5 Å². The fraction of sp³-hybridized carbons (Fsp3) is 0.524. The lowest BCUT2D eigenvalue weighted by Gasteiger charge is -2.30. The van der Waals surface area contributed by atoms with Gasteiger partial charge in [0.15, 0.2) is 0 Å². The summed E-state index contributed by atoms with van der Waals surface area (Å²) in [5.41, 5.74) is 15.5. The van der Waals surface area contributed by atoms with Gasteiger partial charge < -0.3 is 11.5 Å². The first-order valence-electron chi connectivity index (χ1n) is 9.18. The van der Waals surface area contributed by atoms with Crippen molar-refractivity contribution in [2.75, 3.05) is 0 Å². The molecule has 0 heterocycles. The van der Waals surface area contributed by atoms with Crippen molar-refractivity contribution in [3.05, 3.63) is 59.3 Å². The second-order valence-corrected chi connectivity index (χ2v) is 6.81. The third kappa shape index (κ3) is 5.24. The number of hydrogen-bond donors (Lipinski definition) is 2. The molecule has 23 heavy (non-hydrogen) atoms. The number of aryl methyl sites for hydroxylation is 1. The maximum atomic E-state index is 6.64. The lowest BCUT2D eigenvalue weighted by molar-refractivity contribution is 0.548. The Morgan fingerprint density at radius 3 is 2.39 bits per heavy atom. The van der Waals surface area contributed by atoms with Gasteiger partial charge in [0.25, 0.3) is 0 Å². The maximum absolute atomic E-state index is 6.64. The average Bonchev–Trinajstić information content (AvgIpc) is 2.57. The SMILES string of the molecule is CCCCCCCCCc1ccccc1C1(N)C=CC(N)=CC1. The molecule has 1 aliphatic carbocycles. The van der Waals surface area contributed by atoms with Crippen LogP contribution in [0.5, 0.6) is 0 Å². The van der Waals surface area contributed by atoms with Crippen LogP contribution in [0.15, 0.2) is 48.2 Å². The lowest BCUT2D eigenvalue weighted by atomic mass is 9.81. The number of hydrogen-bond acceptors (Lipinski definition) is 2. The summed E-state index contributed by atoms with van der Waals surface area (Å²) >= 11 is 0. The van der Waals surface area contributed by atoms with Crippen molar-refractivity contribution in [3.63, 3.8) is 0 Å². The van der Waals surface area contributed by atoms with E-state index in [9.17, 15) is 0 Å². The minimum atomic E-state index is -0.402. The smallest absolute Gasteiger partial charge is 0.0637 e. The maximum Gasteiger partial charge on any atom is 0.0637 e. The van der Waals surface area contributed by atoms with E-state index in [2.05, 4.69) is 37.3 Å². The summed E-state index contributed by atoms with van der Waals surface area (Å²) in [4.78, 5) is 0. The molecule has 1 atom stereocenters. The van der Waals surface area contributed by atoms with Gasteiger partial charge >= 0.3 is 0 Å². The number of unbranched alkanes of at least 4 members (excludes halogenated alkanes) is 6. The third-order valence-electron chi connectivity index (χ3n) is 4.82. The molecule has 126 valence electrons. The molecule has 0 aromatic heterocycles. The summed E-state index contributed by atoms with van der Waals surface area (Å²) in [6.07, 6.45) is 17.3. The van der Waals surface area contributed by atoms with Crippen LogP contribution >= 0.6 is 0 Å². The largest absolute Gasteiger partial charge is 0.399 e. The fourth-order valence-electron chi connectivity index (χ4n) is 3.33. The molecule has 0 saturated carbocycles. The van der Waals surface area contributed by atoms with Crippen molar-refractivity contribution in [3.8, 4) is 0 Å². The highest BCUT2D eigenvalue weighted by atomic mass is 14.7. The molecule has 2 rings (SSSR count). The van der Waals surface area contributed by atoms with Crippen LogP contribution in [0.25, 0.3) is 0 Å². The molecule has 1 aromatic carbocycles. The monoisotopic (exact) mass is 312 g/mol. The molecule has 1 aromatic rings. The van der Waals surface area contributed by atoms with Crippen molar-refractivity contribution in [2.24, 2.45) is 11.5 Å². The summed E-state index contributed by atoms with van der Waals surface area (Å²) in [6, 6.07) is 8.63. The summed E-state index contributed by atoms with van der Waals surface area (Å²) in [7, 11) is 0. The number of rotatable bonds is 9. The molecule has 0 fully saturated rings. The Morgan fingerprint density at radius 2 is 1.70 bits per heavy atom. The van der Waals surface area contributed by atoms with Gasteiger partial charge in [0.05, 0.1) is 5.54 Å². The van der Waals surface area contributed by atoms with Gasteiger partial charge in [-0.1, -0.05) is 81.9 Å². The quantitative estimate of drug-likeness (QED) is 0.635. The topological polar surface area (TPSA) is 52.0 Å². The van der Waals surface area contributed by atoms with Crippen LogP contribution < -0.4 is 11.5 Å². The summed E-state index contributed by atoms with van der Waals surface area (Å²) in [5.74, 6) is 0. The molecule has 2 nitrogen and oxygen atoms in total. The zero-order valence-electron chi connectivity index (χ0n) is 14.6. The molecular formula is C21H32N2. The Bertz CT molecular complexity index is 545. The molecule has 0 aliphatic heterocycles. The van der Waals surface area contributed by atoms with Crippen LogP contribution in [-0.4, -0.2) is 0 Å². The van der Waals surface area contributed by atoms with Crippen molar-refractivity contribution in [1.29, 1.82) is 0 Å². The number of nitrogens with two attached hydrogens (primary N) is 2. The molecule has 0 radical (unpaired) electrons. The highest BCUT2D eigenvalue weighted by Crippen LogP contribution is 2.31. The van der Waals surface area contributed by atoms with Gasteiger partial charge in [-0.25, -0.2) is 0 Å². The van der Waals surface area contributed by atoms with Crippen molar-refractivity contribution >= 4 is 0 Å². The Morgan fingerprint density at radius 1 is 1.00 bits per heavy atom. The zero-order valence-corrected chi connectivity index (χ0v) is 14.6. The Labute approximate surface area is 141 Å². The van der Waals surface area contributed by atoms with E-state index >= 15 is 0 Å². The van der Waals surface area contributed by atoms with E-state index in [1.807, 2.05) is 12.2 Å². The molecule has 2 heteroatoms. The van der Waals surface area contributed by atoms with Gasteiger partial charge in [-0.3, -0.25) is 0 Å². The molecule has 0 spiro atoms. The van der Waals surface area contributed by atoms with Crippen LogP contribution in [0.1, 0.15) is 69.4 Å². The van der Waals surface area contributed by atoms with E-state index in [0.29, 0.717) is 0 Å². The zero-order chi connectivity index (χ0) is 16.5. The third-order valence-corrected chi connectivity index (χ3v) is 4.82. The molecule has 1 unspecified atom stereocenters. The Balaban J connectivity index is 1.90. The predicted molar refractivity (Wildman–Crippen MR) is 100 cm³/mol. The number of benzene rings is 1. The van der Waals surface area contributed by atoms with Crippen LogP contribution in [0.2, 0.25) is 0 Å². The Hall–Kier alpha value is -1.54. The van der Waals surface area contributed by atoms with Crippen molar-refractivity contribution in [2.45, 2.75) is 70.3 Å². The van der Waals surface area contributed by atoms with Crippen LogP contribution in [0.3, 0.4) is 0 Å². The van der Waals surface area contributed by atoms with Gasteiger partial charge in [-0.05, 0) is 36.5 Å². The molecular weight excluding hydrogens is 280 g/mol. The Kier molecular flexibility index (Phi) is 6.91. The van der Waals surface area contributed by atoms with Crippen LogP contribution in [0.4, 0.5) is 0 Å². The van der Waals surface area contributed by atoms with Gasteiger partial charge in [0, 0.05) is 5.70 Å². The van der Waals surface area contributed by atoms with Crippen LogP contribution in [-0.2, 0) is 12.0 Å². The van der Waals surface area contributed by atoms with E-state index in [-0.39, 0.29) is 0 Å². The molecule has 0 saturated heterocycles. The van der Waals surface area contributed by atoms with E-state index in [1.54, 1.807) is 0 Å². The van der Waals surface area contributed by atoms with Gasteiger partial charge in [-0.2, -0.15) is 0 Å². The fourth-order valence-corrected chi connectivity index (χ4v) is 3.33. The molecule has 0 bridgehead atoms. The first-order chi connectivity index (χ1) is 11.2. The van der Waals surface area contributed by atoms with Crippen molar-refractivity contribution < 1.29 is 0 Å². The highest BCUT2D eigenvalue weighted by Gasteiger charge is 2.27. The first kappa shape index (κ1) is 17.8. The van der Waals surface area contributed by atoms with Gasteiger partial charge in [0.1, 0.15) is 0 Å². The average molecular weight is 313 g/mol. The van der Waals surface area contributed by atoms with E-state index in [1.165, 1.54) is 56.1 Å². The number of allylic oxidation sites excluding steroid dienone is 1. The summed E-state index contributed by atoms with van der Waals surface area (Å²) in [6.45, 7) is 2.27. The first-order valence-corrected chi connectivity index (χ1v) is 9.18. The minimum absolute atomic E-state index is 0.402. The predicted octanol–water partition coefficient (Wildman–Crippen LogP) is 4.94. The molecule has 1 aliphatic rings. The minimum Gasteiger partial charge on any atom is -0.399 e. The van der Waals surface area contributed by atoms with E-state index in [4.69, 9.17) is 11.5 Å². The van der Waals surface area contributed by atoms with Gasteiger partial charge in [0.2, 0.25) is 0 Å². The van der Waals surface area contributed by atoms with Crippen molar-refractivity contribution in [1.82, 2.24) is 0 Å². The molecule has 0 amide bonds. The van der Waals surface area contributed by atoms with Gasteiger partial charge in [-0.15, -0.1) is 0 Å². The normalized spacial score (nSPS) is 20.5.